The van der Waals surface area contributed by atoms with E-state index in [0.29, 0.717) is 0 Å². The molecule has 1 aliphatic rings. The second kappa shape index (κ2) is 3.82. The Morgan fingerprint density at radius 1 is 1.47 bits per heavy atom. The van der Waals surface area contributed by atoms with E-state index in [0.717, 1.165) is 12.0 Å². The van der Waals surface area contributed by atoms with Crippen molar-refractivity contribution in [2.45, 2.75) is 51.4 Å². The van der Waals surface area contributed by atoms with Gasteiger partial charge in [0, 0.05) is 24.7 Å². The quantitative estimate of drug-likeness (QED) is 0.857. The second-order valence-corrected chi connectivity index (χ2v) is 6.17. The van der Waals surface area contributed by atoms with Gasteiger partial charge in [0.2, 0.25) is 0 Å². The number of rotatable bonds is 2. The number of aliphatic hydroxyl groups excluding tert-OH is 1. The molecule has 1 aliphatic heterocycles. The van der Waals surface area contributed by atoms with Crippen molar-refractivity contribution < 1.29 is 9.84 Å². The van der Waals surface area contributed by atoms with Gasteiger partial charge in [-0.2, -0.15) is 5.10 Å². The molecule has 1 aromatic heterocycles. The first-order valence-corrected chi connectivity index (χ1v) is 6.08. The van der Waals surface area contributed by atoms with E-state index in [2.05, 4.69) is 18.9 Å². The highest BCUT2D eigenvalue weighted by molar-refractivity contribution is 5.13. The lowest BCUT2D eigenvalue weighted by atomic mass is 9.81. The Morgan fingerprint density at radius 2 is 2.12 bits per heavy atom. The van der Waals surface area contributed by atoms with Crippen LogP contribution in [0.2, 0.25) is 0 Å². The highest BCUT2D eigenvalue weighted by atomic mass is 16.5. The summed E-state index contributed by atoms with van der Waals surface area (Å²) in [4.78, 5) is 0. The molecule has 2 heterocycles. The maximum atomic E-state index is 10.5. The van der Waals surface area contributed by atoms with Crippen LogP contribution in [0.1, 0.15) is 45.8 Å². The van der Waals surface area contributed by atoms with Crippen LogP contribution in [0.3, 0.4) is 0 Å². The van der Waals surface area contributed by atoms with Gasteiger partial charge in [-0.1, -0.05) is 0 Å². The molecule has 0 radical (unpaired) electrons. The topological polar surface area (TPSA) is 47.3 Å². The van der Waals surface area contributed by atoms with Crippen molar-refractivity contribution in [2.75, 3.05) is 0 Å². The Labute approximate surface area is 103 Å². The number of ether oxygens (including phenoxy) is 1. The zero-order valence-electron chi connectivity index (χ0n) is 11.3. The van der Waals surface area contributed by atoms with Gasteiger partial charge in [0.15, 0.2) is 0 Å². The number of nitrogens with zero attached hydrogens (tertiary/aromatic N) is 2. The molecule has 0 spiro atoms. The Morgan fingerprint density at radius 3 is 2.53 bits per heavy atom. The summed E-state index contributed by atoms with van der Waals surface area (Å²) >= 11 is 0. The molecule has 4 heteroatoms. The summed E-state index contributed by atoms with van der Waals surface area (Å²) in [6.07, 6.45) is 3.94. The third kappa shape index (κ3) is 2.38. The smallest absolute Gasteiger partial charge is 0.0877 e. The molecule has 4 nitrogen and oxygen atoms in total. The molecule has 1 fully saturated rings. The maximum Gasteiger partial charge on any atom is 0.0877 e. The Kier molecular flexibility index (Phi) is 2.83. The van der Waals surface area contributed by atoms with Crippen molar-refractivity contribution in [1.29, 1.82) is 0 Å². The zero-order valence-corrected chi connectivity index (χ0v) is 11.3. The number of hydrogen-bond donors (Lipinski definition) is 1. The fraction of sp³-hybridized carbons (Fsp3) is 0.769. The fourth-order valence-electron chi connectivity index (χ4n) is 2.92. The molecular weight excluding hydrogens is 216 g/mol. The lowest BCUT2D eigenvalue weighted by molar-refractivity contribution is -0.0880. The molecule has 1 N–H and O–H groups in total. The summed E-state index contributed by atoms with van der Waals surface area (Å²) in [5.41, 5.74) is 0.391. The maximum absolute atomic E-state index is 10.5. The van der Waals surface area contributed by atoms with Crippen molar-refractivity contribution in [3.8, 4) is 0 Å². The predicted molar refractivity (Wildman–Crippen MR) is 65.5 cm³/mol. The summed E-state index contributed by atoms with van der Waals surface area (Å²) in [6, 6.07) is 0. The molecule has 0 bridgehead atoms. The van der Waals surface area contributed by atoms with Crippen molar-refractivity contribution >= 4 is 0 Å². The Bertz CT molecular complexity index is 409. The summed E-state index contributed by atoms with van der Waals surface area (Å²) < 4.78 is 7.73. The zero-order chi connectivity index (χ0) is 12.8. The highest BCUT2D eigenvalue weighted by Crippen LogP contribution is 2.47. The van der Waals surface area contributed by atoms with Gasteiger partial charge in [0.05, 0.1) is 23.5 Å². The number of hydrogen-bond acceptors (Lipinski definition) is 3. The summed E-state index contributed by atoms with van der Waals surface area (Å²) in [5, 5.41) is 14.6. The van der Waals surface area contributed by atoms with Gasteiger partial charge in [-0.05, 0) is 34.1 Å². The summed E-state index contributed by atoms with van der Waals surface area (Å²) in [5.74, 6) is 0.0988. The van der Waals surface area contributed by atoms with Crippen LogP contribution in [0.5, 0.6) is 0 Å². The van der Waals surface area contributed by atoms with E-state index >= 15 is 0 Å². The molecule has 96 valence electrons. The number of aryl methyl sites for hydroxylation is 1. The van der Waals surface area contributed by atoms with Gasteiger partial charge in [0.25, 0.3) is 0 Å². The molecule has 17 heavy (non-hydrogen) atoms. The molecule has 2 rings (SSSR count). The van der Waals surface area contributed by atoms with Crippen LogP contribution in [0.15, 0.2) is 12.4 Å². The van der Waals surface area contributed by atoms with Crippen LogP contribution >= 0.6 is 0 Å². The predicted octanol–water partition coefficient (Wildman–Crippen LogP) is 2.05. The van der Waals surface area contributed by atoms with Gasteiger partial charge >= 0.3 is 0 Å². The Hall–Kier alpha value is -0.870. The Balaban J connectivity index is 2.23. The lowest BCUT2D eigenvalue weighted by Gasteiger charge is -2.29. The molecule has 2 unspecified atom stereocenters. The minimum atomic E-state index is -0.513. The summed E-state index contributed by atoms with van der Waals surface area (Å²) in [6.45, 7) is 8.24. The standard InChI is InChI=1S/C13H22N2O2/c1-12(2)6-10(13(3,4)17-12)11(16)9-7-14-15(5)8-9/h7-8,10-11,16H,6H2,1-5H3. The van der Waals surface area contributed by atoms with E-state index in [9.17, 15) is 5.11 Å². The first kappa shape index (κ1) is 12.6. The van der Waals surface area contributed by atoms with Gasteiger partial charge in [-0.3, -0.25) is 4.68 Å². The second-order valence-electron chi connectivity index (χ2n) is 6.17. The molecule has 1 aromatic rings. The monoisotopic (exact) mass is 238 g/mol. The minimum Gasteiger partial charge on any atom is -0.388 e. The average molecular weight is 238 g/mol. The van der Waals surface area contributed by atoms with Gasteiger partial charge in [-0.15, -0.1) is 0 Å². The van der Waals surface area contributed by atoms with E-state index in [4.69, 9.17) is 4.74 Å². The first-order chi connectivity index (χ1) is 7.71. The van der Waals surface area contributed by atoms with Crippen LogP contribution in [0.4, 0.5) is 0 Å². The highest BCUT2D eigenvalue weighted by Gasteiger charge is 2.49. The minimum absolute atomic E-state index is 0.0988. The van der Waals surface area contributed by atoms with E-state index < -0.39 is 6.10 Å². The van der Waals surface area contributed by atoms with Gasteiger partial charge in [0.1, 0.15) is 0 Å². The molecule has 2 atom stereocenters. The van der Waals surface area contributed by atoms with Crippen LogP contribution in [-0.2, 0) is 11.8 Å². The molecule has 0 amide bonds. The van der Waals surface area contributed by atoms with Crippen LogP contribution in [-0.4, -0.2) is 26.1 Å². The van der Waals surface area contributed by atoms with Crippen molar-refractivity contribution in [3.05, 3.63) is 18.0 Å². The van der Waals surface area contributed by atoms with Crippen LogP contribution in [0, 0.1) is 5.92 Å². The van der Waals surface area contributed by atoms with Gasteiger partial charge in [-0.25, -0.2) is 0 Å². The third-order valence-corrected chi connectivity index (χ3v) is 3.59. The summed E-state index contributed by atoms with van der Waals surface area (Å²) in [7, 11) is 1.86. The van der Waals surface area contributed by atoms with E-state index in [1.54, 1.807) is 10.9 Å². The molecule has 0 aromatic carbocycles. The molecular formula is C13H22N2O2. The molecule has 1 saturated heterocycles. The number of aliphatic hydroxyl groups is 1. The number of aromatic nitrogens is 2. The SMILES string of the molecule is Cn1cc(C(O)C2CC(C)(C)OC2(C)C)cn1. The fourth-order valence-corrected chi connectivity index (χ4v) is 2.92. The molecule has 0 saturated carbocycles. The largest absolute Gasteiger partial charge is 0.388 e. The van der Waals surface area contributed by atoms with Crippen LogP contribution < -0.4 is 0 Å². The van der Waals surface area contributed by atoms with Crippen molar-refractivity contribution in [1.82, 2.24) is 9.78 Å². The molecule has 0 aliphatic carbocycles. The van der Waals surface area contributed by atoms with Gasteiger partial charge < -0.3 is 9.84 Å². The third-order valence-electron chi connectivity index (χ3n) is 3.59. The normalized spacial score (nSPS) is 28.2. The average Bonchev–Trinajstić information content (AvgIpc) is 2.66. The van der Waals surface area contributed by atoms with E-state index in [-0.39, 0.29) is 17.1 Å². The lowest BCUT2D eigenvalue weighted by Crippen LogP contribution is -2.32. The van der Waals surface area contributed by atoms with Crippen molar-refractivity contribution in [2.24, 2.45) is 13.0 Å². The first-order valence-electron chi connectivity index (χ1n) is 6.08. The van der Waals surface area contributed by atoms with E-state index in [1.807, 2.05) is 27.1 Å². The van der Waals surface area contributed by atoms with E-state index in [1.165, 1.54) is 0 Å². The van der Waals surface area contributed by atoms with Crippen molar-refractivity contribution in [3.63, 3.8) is 0 Å². The van der Waals surface area contributed by atoms with Crippen LogP contribution in [0.25, 0.3) is 0 Å².